The number of alkyl halides is 1. The molecule has 4 aromatic rings. The summed E-state index contributed by atoms with van der Waals surface area (Å²) in [5, 5.41) is 11.6. The van der Waals surface area contributed by atoms with Gasteiger partial charge in [0.15, 0.2) is 0 Å². The Labute approximate surface area is 221 Å². The molecule has 1 fully saturated rings. The lowest BCUT2D eigenvalue weighted by molar-refractivity contribution is -0.384. The number of benzene rings is 2. The maximum absolute atomic E-state index is 14.6. The number of nitro groups is 1. The van der Waals surface area contributed by atoms with Crippen LogP contribution in [0.2, 0.25) is 0 Å². The van der Waals surface area contributed by atoms with Crippen molar-refractivity contribution in [2.75, 3.05) is 13.2 Å². The summed E-state index contributed by atoms with van der Waals surface area (Å²) in [4.78, 5) is 39.1. The first-order valence-electron chi connectivity index (χ1n) is 11.4. The molecule has 2 aromatic heterocycles. The zero-order valence-corrected chi connectivity index (χ0v) is 21.7. The molecule has 0 N–H and O–H groups in total. The van der Waals surface area contributed by atoms with Crippen LogP contribution in [-0.4, -0.2) is 27.3 Å². The molecule has 1 saturated heterocycles. The smallest absolute Gasteiger partial charge is 0.332 e. The van der Waals surface area contributed by atoms with E-state index in [1.54, 1.807) is 12.1 Å². The van der Waals surface area contributed by atoms with E-state index in [1.165, 1.54) is 27.3 Å². The average Bonchev–Trinajstić information content (AvgIpc) is 3.28. The molecule has 0 spiro atoms. The van der Waals surface area contributed by atoms with Gasteiger partial charge in [-0.15, -0.1) is 11.3 Å². The topological polar surface area (TPSA) is 96.4 Å². The Kier molecular flexibility index (Phi) is 7.06. The van der Waals surface area contributed by atoms with Gasteiger partial charge in [0.1, 0.15) is 16.5 Å². The Morgan fingerprint density at radius 2 is 1.70 bits per heavy atom. The van der Waals surface area contributed by atoms with Crippen molar-refractivity contribution in [1.29, 1.82) is 0 Å². The largest absolute Gasteiger partial charge is 0.381 e. The van der Waals surface area contributed by atoms with Gasteiger partial charge < -0.3 is 4.74 Å². The van der Waals surface area contributed by atoms with Crippen molar-refractivity contribution >= 4 is 43.2 Å². The summed E-state index contributed by atoms with van der Waals surface area (Å²) in [7, 11) is 0. The summed E-state index contributed by atoms with van der Waals surface area (Å²) in [6, 6.07) is 8.94. The Morgan fingerprint density at radius 3 is 2.30 bits per heavy atom. The fourth-order valence-electron chi connectivity index (χ4n) is 4.63. The van der Waals surface area contributed by atoms with E-state index in [-0.39, 0.29) is 26.8 Å². The van der Waals surface area contributed by atoms with Crippen LogP contribution >= 0.6 is 27.3 Å². The summed E-state index contributed by atoms with van der Waals surface area (Å²) >= 11 is 4.59. The van der Waals surface area contributed by atoms with E-state index in [1.807, 2.05) is 0 Å². The van der Waals surface area contributed by atoms with Gasteiger partial charge in [-0.25, -0.2) is 13.6 Å². The third kappa shape index (κ3) is 4.53. The predicted molar refractivity (Wildman–Crippen MR) is 140 cm³/mol. The van der Waals surface area contributed by atoms with Crippen molar-refractivity contribution in [2.45, 2.75) is 30.8 Å². The molecule has 12 heteroatoms. The third-order valence-corrected chi connectivity index (χ3v) is 8.38. The minimum Gasteiger partial charge on any atom is -0.381 e. The van der Waals surface area contributed by atoms with E-state index in [4.69, 9.17) is 4.74 Å². The number of hydrogen-bond acceptors (Lipinski definition) is 6. The van der Waals surface area contributed by atoms with Crippen molar-refractivity contribution < 1.29 is 18.4 Å². The number of fused-ring (bicyclic) bond motifs is 1. The molecule has 0 radical (unpaired) electrons. The SMILES string of the molecule is O=c1c2c(CBr)c(-c3ccc([N+](=O)[O-])cc3)sc2n(Cc2c(F)cccc2F)c(=O)n1C1CCOCC1. The van der Waals surface area contributed by atoms with Crippen molar-refractivity contribution in [2.24, 2.45) is 0 Å². The standard InChI is InChI=1S/C25H20BrF2N3O5S/c26-12-17-21-23(32)30(15-8-10-36-11-9-15)25(33)29(13-18-19(27)2-1-3-20(18)28)24(21)37-22(17)14-4-6-16(7-5-14)31(34)35/h1-7,15H,8-13H2. The van der Waals surface area contributed by atoms with Crippen LogP contribution in [0.3, 0.4) is 0 Å². The van der Waals surface area contributed by atoms with Crippen molar-refractivity contribution in [3.8, 4) is 10.4 Å². The first-order valence-corrected chi connectivity index (χ1v) is 13.4. The lowest BCUT2D eigenvalue weighted by atomic mass is 10.1. The molecule has 8 nitrogen and oxygen atoms in total. The molecule has 37 heavy (non-hydrogen) atoms. The maximum Gasteiger partial charge on any atom is 0.332 e. The quantitative estimate of drug-likeness (QED) is 0.170. The van der Waals surface area contributed by atoms with Crippen LogP contribution in [0.4, 0.5) is 14.5 Å². The number of rotatable bonds is 6. The molecule has 3 heterocycles. The van der Waals surface area contributed by atoms with Crippen LogP contribution < -0.4 is 11.2 Å². The van der Waals surface area contributed by atoms with Gasteiger partial charge in [0.05, 0.1) is 16.9 Å². The number of ether oxygens (including phenoxy) is 1. The van der Waals surface area contributed by atoms with Crippen LogP contribution in [0.25, 0.3) is 20.7 Å². The lowest BCUT2D eigenvalue weighted by Gasteiger charge is -2.24. The number of hydrogen-bond donors (Lipinski definition) is 0. The Morgan fingerprint density at radius 1 is 1.05 bits per heavy atom. The number of nitrogens with zero attached hydrogens (tertiary/aromatic N) is 3. The Hall–Kier alpha value is -3.22. The Balaban J connectivity index is 1.80. The molecule has 0 saturated carbocycles. The summed E-state index contributed by atoms with van der Waals surface area (Å²) in [5.41, 5.74) is -0.273. The maximum atomic E-state index is 14.6. The summed E-state index contributed by atoms with van der Waals surface area (Å²) in [6.45, 7) is 0.373. The van der Waals surface area contributed by atoms with E-state index in [9.17, 15) is 28.5 Å². The highest BCUT2D eigenvalue weighted by Gasteiger charge is 2.27. The van der Waals surface area contributed by atoms with Crippen LogP contribution in [0.1, 0.15) is 30.0 Å². The highest BCUT2D eigenvalue weighted by atomic mass is 79.9. The normalized spacial score (nSPS) is 14.4. The number of non-ortho nitro benzene ring substituents is 1. The van der Waals surface area contributed by atoms with Crippen LogP contribution in [0.15, 0.2) is 52.1 Å². The fraction of sp³-hybridized carbons (Fsp3) is 0.280. The minimum atomic E-state index is -0.795. The van der Waals surface area contributed by atoms with E-state index >= 15 is 0 Å². The van der Waals surface area contributed by atoms with Crippen molar-refractivity contribution in [3.05, 3.63) is 96.2 Å². The molecule has 1 aliphatic heterocycles. The van der Waals surface area contributed by atoms with Gasteiger partial charge in [0.25, 0.3) is 11.2 Å². The van der Waals surface area contributed by atoms with E-state index < -0.39 is 40.4 Å². The van der Waals surface area contributed by atoms with Crippen molar-refractivity contribution in [1.82, 2.24) is 9.13 Å². The van der Waals surface area contributed by atoms with Crippen LogP contribution in [0.5, 0.6) is 0 Å². The van der Waals surface area contributed by atoms with Gasteiger partial charge in [0.2, 0.25) is 0 Å². The molecule has 0 amide bonds. The second-order valence-corrected chi connectivity index (χ2v) is 10.2. The lowest BCUT2D eigenvalue weighted by Crippen LogP contribution is -2.43. The molecule has 0 atom stereocenters. The first-order chi connectivity index (χ1) is 17.8. The minimum absolute atomic E-state index is 0.0842. The average molecular weight is 592 g/mol. The second-order valence-electron chi connectivity index (χ2n) is 8.62. The summed E-state index contributed by atoms with van der Waals surface area (Å²) in [6.07, 6.45) is 0.912. The molecule has 1 aliphatic rings. The number of nitro benzene ring substituents is 1. The van der Waals surface area contributed by atoms with Crippen molar-refractivity contribution in [3.63, 3.8) is 0 Å². The van der Waals surface area contributed by atoms with Gasteiger partial charge in [-0.05, 0) is 48.2 Å². The molecule has 0 aliphatic carbocycles. The van der Waals surface area contributed by atoms with Gasteiger partial charge in [-0.1, -0.05) is 22.0 Å². The monoisotopic (exact) mass is 591 g/mol. The van der Waals surface area contributed by atoms with E-state index in [0.29, 0.717) is 42.1 Å². The molecular formula is C25H20BrF2N3O5S. The number of aromatic nitrogens is 2. The van der Waals surface area contributed by atoms with Gasteiger partial charge in [-0.3, -0.25) is 24.0 Å². The fourth-order valence-corrected chi connectivity index (χ4v) is 6.68. The molecule has 192 valence electrons. The summed E-state index contributed by atoms with van der Waals surface area (Å²) < 4.78 is 37.1. The highest BCUT2D eigenvalue weighted by Crippen LogP contribution is 2.39. The summed E-state index contributed by atoms with van der Waals surface area (Å²) in [5.74, 6) is -1.59. The number of halogens is 3. The molecule has 0 bridgehead atoms. The van der Waals surface area contributed by atoms with E-state index in [0.717, 1.165) is 23.5 Å². The molecule has 2 aromatic carbocycles. The van der Waals surface area contributed by atoms with Gasteiger partial charge in [0, 0.05) is 47.2 Å². The van der Waals surface area contributed by atoms with Gasteiger partial charge >= 0.3 is 5.69 Å². The van der Waals surface area contributed by atoms with E-state index in [2.05, 4.69) is 15.9 Å². The zero-order chi connectivity index (χ0) is 26.3. The van der Waals surface area contributed by atoms with Crippen LogP contribution in [-0.2, 0) is 16.6 Å². The molecular weight excluding hydrogens is 572 g/mol. The zero-order valence-electron chi connectivity index (χ0n) is 19.3. The Bertz CT molecular complexity index is 1600. The highest BCUT2D eigenvalue weighted by molar-refractivity contribution is 9.08. The second kappa shape index (κ2) is 10.3. The first kappa shape index (κ1) is 25.4. The molecule has 5 rings (SSSR count). The third-order valence-electron chi connectivity index (χ3n) is 6.51. The number of thiophene rings is 1. The van der Waals surface area contributed by atoms with Crippen LogP contribution in [0, 0.1) is 21.7 Å². The predicted octanol–water partition coefficient (Wildman–Crippen LogP) is 5.37. The molecule has 0 unspecified atom stereocenters. The van der Waals surface area contributed by atoms with Gasteiger partial charge in [-0.2, -0.15) is 0 Å².